The van der Waals surface area contributed by atoms with Gasteiger partial charge in [0.2, 0.25) is 0 Å². The Balaban J connectivity index is 1.97. The molecule has 0 aliphatic heterocycles. The van der Waals surface area contributed by atoms with Gasteiger partial charge in [-0.05, 0) is 37.5 Å². The Morgan fingerprint density at radius 1 is 1.40 bits per heavy atom. The largest absolute Gasteiger partial charge is 0.573 e. The maximum Gasteiger partial charge on any atom is 0.573 e. The van der Waals surface area contributed by atoms with Gasteiger partial charge in [-0.15, -0.1) is 13.2 Å². The van der Waals surface area contributed by atoms with E-state index in [-0.39, 0.29) is 11.1 Å². The molecule has 1 aromatic rings. The maximum absolute atomic E-state index is 12.1. The first kappa shape index (κ1) is 14.6. The van der Waals surface area contributed by atoms with Gasteiger partial charge < -0.3 is 15.8 Å². The van der Waals surface area contributed by atoms with Crippen LogP contribution >= 0.6 is 0 Å². The highest BCUT2D eigenvalue weighted by Crippen LogP contribution is 2.28. The Labute approximate surface area is 114 Å². The lowest BCUT2D eigenvalue weighted by atomic mass is 9.78. The van der Waals surface area contributed by atoms with Crippen molar-refractivity contribution in [3.05, 3.63) is 29.8 Å². The van der Waals surface area contributed by atoms with Crippen LogP contribution in [0.1, 0.15) is 29.6 Å². The van der Waals surface area contributed by atoms with Crippen LogP contribution in [0.25, 0.3) is 0 Å². The number of amides is 1. The third-order valence-corrected chi connectivity index (χ3v) is 3.28. The Morgan fingerprint density at radius 2 is 2.10 bits per heavy atom. The van der Waals surface area contributed by atoms with Gasteiger partial charge in [0.15, 0.2) is 0 Å². The Hall–Kier alpha value is -1.76. The van der Waals surface area contributed by atoms with Gasteiger partial charge in [-0.25, -0.2) is 0 Å². The number of halogens is 3. The van der Waals surface area contributed by atoms with E-state index in [2.05, 4.69) is 10.1 Å². The summed E-state index contributed by atoms with van der Waals surface area (Å²) in [6.07, 6.45) is -2.07. The smallest absolute Gasteiger partial charge is 0.406 e. The molecule has 110 valence electrons. The van der Waals surface area contributed by atoms with E-state index in [9.17, 15) is 18.0 Å². The molecule has 4 nitrogen and oxygen atoms in total. The first-order chi connectivity index (χ1) is 9.27. The fraction of sp³-hybridized carbons (Fsp3) is 0.462. The molecule has 7 heteroatoms. The molecule has 20 heavy (non-hydrogen) atoms. The molecule has 0 aromatic heterocycles. The summed E-state index contributed by atoms with van der Waals surface area (Å²) in [5, 5.41) is 2.63. The second kappa shape index (κ2) is 5.32. The molecule has 0 bridgehead atoms. The summed E-state index contributed by atoms with van der Waals surface area (Å²) in [4.78, 5) is 11.8. The summed E-state index contributed by atoms with van der Waals surface area (Å²) >= 11 is 0. The van der Waals surface area contributed by atoms with E-state index in [0.29, 0.717) is 6.54 Å². The zero-order valence-electron chi connectivity index (χ0n) is 10.7. The minimum Gasteiger partial charge on any atom is -0.406 e. The van der Waals surface area contributed by atoms with Crippen molar-refractivity contribution in [2.75, 3.05) is 6.54 Å². The number of rotatable bonds is 4. The van der Waals surface area contributed by atoms with Crippen LogP contribution < -0.4 is 15.8 Å². The van der Waals surface area contributed by atoms with Crippen molar-refractivity contribution in [1.82, 2.24) is 5.32 Å². The average molecular weight is 288 g/mol. The quantitative estimate of drug-likeness (QED) is 0.892. The van der Waals surface area contributed by atoms with E-state index < -0.39 is 18.0 Å². The number of alkyl halides is 3. The van der Waals surface area contributed by atoms with E-state index >= 15 is 0 Å². The average Bonchev–Trinajstić information content (AvgIpc) is 2.32. The van der Waals surface area contributed by atoms with E-state index in [0.717, 1.165) is 31.4 Å². The lowest BCUT2D eigenvalue weighted by molar-refractivity contribution is -0.274. The molecule has 1 aromatic carbocycles. The van der Waals surface area contributed by atoms with E-state index in [1.54, 1.807) is 0 Å². The highest BCUT2D eigenvalue weighted by Gasteiger charge is 2.33. The van der Waals surface area contributed by atoms with Crippen molar-refractivity contribution in [2.24, 2.45) is 5.73 Å². The van der Waals surface area contributed by atoms with Crippen LogP contribution in [0.5, 0.6) is 5.75 Å². The summed E-state index contributed by atoms with van der Waals surface area (Å²) in [5.41, 5.74) is 5.68. The molecular formula is C13H15F3N2O2. The summed E-state index contributed by atoms with van der Waals surface area (Å²) in [6.45, 7) is 0.316. The zero-order chi connectivity index (χ0) is 14.8. The molecule has 1 amide bonds. The third kappa shape index (κ3) is 3.86. The molecule has 1 aliphatic carbocycles. The number of ether oxygens (including phenoxy) is 1. The molecule has 1 fully saturated rings. The highest BCUT2D eigenvalue weighted by molar-refractivity contribution is 5.94. The van der Waals surface area contributed by atoms with Crippen LogP contribution in [-0.2, 0) is 0 Å². The summed E-state index contributed by atoms with van der Waals surface area (Å²) in [6, 6.07) is 4.94. The number of nitrogens with two attached hydrogens (primary N) is 1. The predicted octanol–water partition coefficient (Wildman–Crippen LogP) is 2.20. The zero-order valence-corrected chi connectivity index (χ0v) is 10.7. The van der Waals surface area contributed by atoms with Crippen LogP contribution in [0, 0.1) is 0 Å². The fourth-order valence-corrected chi connectivity index (χ4v) is 2.00. The molecule has 0 saturated heterocycles. The van der Waals surface area contributed by atoms with Crippen molar-refractivity contribution < 1.29 is 22.7 Å². The van der Waals surface area contributed by atoms with Crippen LogP contribution in [0.2, 0.25) is 0 Å². The molecule has 0 atom stereocenters. The van der Waals surface area contributed by atoms with Crippen LogP contribution in [-0.4, -0.2) is 24.4 Å². The van der Waals surface area contributed by atoms with Gasteiger partial charge in [-0.1, -0.05) is 6.07 Å². The highest BCUT2D eigenvalue weighted by atomic mass is 19.4. The predicted molar refractivity (Wildman–Crippen MR) is 66.2 cm³/mol. The number of benzene rings is 1. The lowest BCUT2D eigenvalue weighted by Gasteiger charge is -2.38. The van der Waals surface area contributed by atoms with Crippen molar-refractivity contribution in [2.45, 2.75) is 31.2 Å². The van der Waals surface area contributed by atoms with E-state index in [4.69, 9.17) is 5.73 Å². The summed E-state index contributed by atoms with van der Waals surface area (Å²) in [7, 11) is 0. The van der Waals surface area contributed by atoms with Gasteiger partial charge in [0.05, 0.1) is 0 Å². The van der Waals surface area contributed by atoms with Crippen LogP contribution in [0.3, 0.4) is 0 Å². The molecule has 0 radical (unpaired) electrons. The lowest BCUT2D eigenvalue weighted by Crippen LogP contribution is -2.54. The van der Waals surface area contributed by atoms with E-state index in [1.807, 2.05) is 0 Å². The number of nitrogens with one attached hydrogen (secondary N) is 1. The fourth-order valence-electron chi connectivity index (χ4n) is 2.00. The van der Waals surface area contributed by atoms with Gasteiger partial charge in [0, 0.05) is 17.6 Å². The second-order valence-electron chi connectivity index (χ2n) is 4.97. The number of hydrogen-bond donors (Lipinski definition) is 2. The number of carbonyl (C=O) groups is 1. The van der Waals surface area contributed by atoms with Crippen LogP contribution in [0.15, 0.2) is 24.3 Å². The molecule has 3 N–H and O–H groups in total. The normalized spacial score (nSPS) is 17.2. The van der Waals surface area contributed by atoms with Gasteiger partial charge in [-0.3, -0.25) is 4.79 Å². The maximum atomic E-state index is 12.1. The SMILES string of the molecule is NC1(CNC(=O)c2cccc(OC(F)(F)F)c2)CCC1. The van der Waals surface area contributed by atoms with Gasteiger partial charge in [0.1, 0.15) is 5.75 Å². The third-order valence-electron chi connectivity index (χ3n) is 3.28. The molecule has 1 aliphatic rings. The number of hydrogen-bond acceptors (Lipinski definition) is 3. The summed E-state index contributed by atoms with van der Waals surface area (Å²) in [5.74, 6) is -0.884. The van der Waals surface area contributed by atoms with E-state index in [1.165, 1.54) is 12.1 Å². The molecule has 2 rings (SSSR count). The molecule has 0 spiro atoms. The minimum atomic E-state index is -4.78. The van der Waals surface area contributed by atoms with Gasteiger partial charge >= 0.3 is 6.36 Å². The minimum absolute atomic E-state index is 0.106. The molecule has 0 unspecified atom stereocenters. The Bertz CT molecular complexity index is 499. The Morgan fingerprint density at radius 3 is 2.65 bits per heavy atom. The topological polar surface area (TPSA) is 64.3 Å². The monoisotopic (exact) mass is 288 g/mol. The van der Waals surface area contributed by atoms with Crippen molar-refractivity contribution >= 4 is 5.91 Å². The van der Waals surface area contributed by atoms with Crippen molar-refractivity contribution in [3.8, 4) is 5.75 Å². The first-order valence-electron chi connectivity index (χ1n) is 6.20. The van der Waals surface area contributed by atoms with Gasteiger partial charge in [0.25, 0.3) is 5.91 Å². The molecule has 0 heterocycles. The van der Waals surface area contributed by atoms with Crippen LogP contribution in [0.4, 0.5) is 13.2 Å². The second-order valence-corrected chi connectivity index (χ2v) is 4.97. The van der Waals surface area contributed by atoms with Crippen molar-refractivity contribution in [1.29, 1.82) is 0 Å². The van der Waals surface area contributed by atoms with Gasteiger partial charge in [-0.2, -0.15) is 0 Å². The van der Waals surface area contributed by atoms with Crippen molar-refractivity contribution in [3.63, 3.8) is 0 Å². The standard InChI is InChI=1S/C13H15F3N2O2/c14-13(15,16)20-10-4-1-3-9(7-10)11(19)18-8-12(17)5-2-6-12/h1,3-4,7H,2,5-6,8,17H2,(H,18,19). The molecule has 1 saturated carbocycles. The Kier molecular flexibility index (Phi) is 3.89. The first-order valence-corrected chi connectivity index (χ1v) is 6.20. The number of carbonyl (C=O) groups excluding carboxylic acids is 1. The molecular weight excluding hydrogens is 273 g/mol. The summed E-state index contributed by atoms with van der Waals surface area (Å²) < 4.78 is 40.0.